The van der Waals surface area contributed by atoms with E-state index < -0.39 is 0 Å². The molecule has 2 rings (SSSR count). The fourth-order valence-corrected chi connectivity index (χ4v) is 2.56. The van der Waals surface area contributed by atoms with Gasteiger partial charge in [0.05, 0.1) is 6.61 Å². The van der Waals surface area contributed by atoms with Crippen LogP contribution in [0.4, 0.5) is 0 Å². The zero-order chi connectivity index (χ0) is 14.2. The first-order valence-electron chi connectivity index (χ1n) is 7.28. The van der Waals surface area contributed by atoms with Crippen LogP contribution < -0.4 is 0 Å². The molecule has 1 aromatic carbocycles. The number of aliphatic hydroxyl groups excluding tert-OH is 1. The maximum Gasteiger partial charge on any atom is 0.330 e. The summed E-state index contributed by atoms with van der Waals surface area (Å²) < 4.78 is 5.28. The van der Waals surface area contributed by atoms with Gasteiger partial charge in [-0.1, -0.05) is 30.3 Å². The predicted molar refractivity (Wildman–Crippen MR) is 79.0 cm³/mol. The molecule has 108 valence electrons. The summed E-state index contributed by atoms with van der Waals surface area (Å²) >= 11 is 0. The van der Waals surface area contributed by atoms with E-state index in [2.05, 4.69) is 0 Å². The van der Waals surface area contributed by atoms with Gasteiger partial charge in [-0.15, -0.1) is 0 Å². The Morgan fingerprint density at radius 2 is 1.80 bits per heavy atom. The number of aliphatic hydroxyl groups is 1. The normalized spacial score (nSPS) is 22.9. The molecule has 0 saturated heterocycles. The Hall–Kier alpha value is -1.61. The summed E-state index contributed by atoms with van der Waals surface area (Å²) in [7, 11) is 0. The Kier molecular flexibility index (Phi) is 5.81. The van der Waals surface area contributed by atoms with E-state index >= 15 is 0 Å². The molecule has 0 unspecified atom stereocenters. The van der Waals surface area contributed by atoms with Crippen LogP contribution in [0, 0.1) is 11.8 Å². The molecule has 1 aliphatic carbocycles. The Balaban J connectivity index is 1.69. The maximum atomic E-state index is 11.6. The van der Waals surface area contributed by atoms with E-state index in [1.54, 1.807) is 6.08 Å². The average molecular weight is 274 g/mol. The predicted octanol–water partition coefficient (Wildman–Crippen LogP) is 3.04. The topological polar surface area (TPSA) is 46.5 Å². The van der Waals surface area contributed by atoms with E-state index in [9.17, 15) is 4.79 Å². The second kappa shape index (κ2) is 7.85. The van der Waals surface area contributed by atoms with Crippen molar-refractivity contribution in [2.75, 3.05) is 13.2 Å². The van der Waals surface area contributed by atoms with Gasteiger partial charge in [0.2, 0.25) is 0 Å². The number of ether oxygens (including phenoxy) is 1. The molecular formula is C17H22O3. The summed E-state index contributed by atoms with van der Waals surface area (Å²) in [6.07, 6.45) is 7.42. The van der Waals surface area contributed by atoms with Crippen molar-refractivity contribution < 1.29 is 14.6 Å². The van der Waals surface area contributed by atoms with Gasteiger partial charge >= 0.3 is 5.97 Å². The minimum Gasteiger partial charge on any atom is -0.462 e. The van der Waals surface area contributed by atoms with Gasteiger partial charge in [-0.05, 0) is 49.2 Å². The van der Waals surface area contributed by atoms with Gasteiger partial charge in [0.1, 0.15) is 0 Å². The Bertz CT molecular complexity index is 431. The highest BCUT2D eigenvalue weighted by molar-refractivity contribution is 5.87. The third kappa shape index (κ3) is 4.82. The molecule has 20 heavy (non-hydrogen) atoms. The minimum absolute atomic E-state index is 0.280. The molecule has 0 bridgehead atoms. The number of carbonyl (C=O) groups is 1. The summed E-state index contributed by atoms with van der Waals surface area (Å²) in [5.41, 5.74) is 0.993. The molecule has 3 nitrogen and oxygen atoms in total. The third-order valence-corrected chi connectivity index (χ3v) is 3.90. The van der Waals surface area contributed by atoms with Gasteiger partial charge < -0.3 is 9.84 Å². The van der Waals surface area contributed by atoms with Crippen LogP contribution in [0.2, 0.25) is 0 Å². The molecule has 1 fully saturated rings. The maximum absolute atomic E-state index is 11.6. The molecule has 0 heterocycles. The van der Waals surface area contributed by atoms with Crippen LogP contribution in [0.3, 0.4) is 0 Å². The average Bonchev–Trinajstić information content (AvgIpc) is 2.52. The largest absolute Gasteiger partial charge is 0.462 e. The lowest BCUT2D eigenvalue weighted by Crippen LogP contribution is -2.21. The molecule has 1 aromatic rings. The van der Waals surface area contributed by atoms with E-state index in [1.165, 1.54) is 6.08 Å². The number of rotatable bonds is 5. The van der Waals surface area contributed by atoms with Gasteiger partial charge in [0, 0.05) is 12.7 Å². The van der Waals surface area contributed by atoms with Crippen LogP contribution >= 0.6 is 0 Å². The van der Waals surface area contributed by atoms with Crippen LogP contribution in [0.1, 0.15) is 31.2 Å². The van der Waals surface area contributed by atoms with Gasteiger partial charge in [-0.3, -0.25) is 0 Å². The standard InChI is InChI=1S/C17H22O3/c18-12-15-6-8-16(9-7-15)13-20-17(19)11-10-14-4-2-1-3-5-14/h1-5,10-11,15-16,18H,6-9,12-13H2. The van der Waals surface area contributed by atoms with Gasteiger partial charge in [0.25, 0.3) is 0 Å². The lowest BCUT2D eigenvalue weighted by molar-refractivity contribution is -0.139. The molecule has 0 radical (unpaired) electrons. The molecule has 0 aliphatic heterocycles. The fourth-order valence-electron chi connectivity index (χ4n) is 2.56. The molecule has 0 aromatic heterocycles. The minimum atomic E-state index is -0.280. The van der Waals surface area contributed by atoms with E-state index in [0.29, 0.717) is 18.4 Å². The molecular weight excluding hydrogens is 252 g/mol. The summed E-state index contributed by atoms with van der Waals surface area (Å²) in [4.78, 5) is 11.6. The van der Waals surface area contributed by atoms with Gasteiger partial charge in [0.15, 0.2) is 0 Å². The Labute approximate surface area is 120 Å². The summed E-state index contributed by atoms with van der Waals surface area (Å²) in [5.74, 6) is 0.616. The SMILES string of the molecule is O=C(C=Cc1ccccc1)OCC1CCC(CO)CC1. The second-order valence-electron chi connectivity index (χ2n) is 5.44. The zero-order valence-electron chi connectivity index (χ0n) is 11.7. The lowest BCUT2D eigenvalue weighted by Gasteiger charge is -2.26. The molecule has 1 aliphatic rings. The molecule has 0 atom stereocenters. The van der Waals surface area contributed by atoms with Crippen molar-refractivity contribution in [3.63, 3.8) is 0 Å². The van der Waals surface area contributed by atoms with Crippen molar-refractivity contribution in [2.45, 2.75) is 25.7 Å². The molecule has 1 N–H and O–H groups in total. The highest BCUT2D eigenvalue weighted by Gasteiger charge is 2.21. The van der Waals surface area contributed by atoms with E-state index in [4.69, 9.17) is 9.84 Å². The van der Waals surface area contributed by atoms with E-state index in [1.807, 2.05) is 30.3 Å². The quantitative estimate of drug-likeness (QED) is 0.663. The second-order valence-corrected chi connectivity index (χ2v) is 5.44. The first-order chi connectivity index (χ1) is 9.78. The van der Waals surface area contributed by atoms with E-state index in [0.717, 1.165) is 31.2 Å². The Morgan fingerprint density at radius 3 is 2.45 bits per heavy atom. The van der Waals surface area contributed by atoms with E-state index in [-0.39, 0.29) is 12.6 Å². The third-order valence-electron chi connectivity index (χ3n) is 3.90. The lowest BCUT2D eigenvalue weighted by atomic mass is 9.83. The number of hydrogen-bond acceptors (Lipinski definition) is 3. The number of esters is 1. The first-order valence-corrected chi connectivity index (χ1v) is 7.28. The highest BCUT2D eigenvalue weighted by atomic mass is 16.5. The number of hydrogen-bond donors (Lipinski definition) is 1. The highest BCUT2D eigenvalue weighted by Crippen LogP contribution is 2.28. The van der Waals surface area contributed by atoms with Crippen molar-refractivity contribution in [1.82, 2.24) is 0 Å². The molecule has 1 saturated carbocycles. The summed E-state index contributed by atoms with van der Waals surface area (Å²) in [5, 5.41) is 9.08. The van der Waals surface area contributed by atoms with Crippen molar-refractivity contribution in [1.29, 1.82) is 0 Å². The monoisotopic (exact) mass is 274 g/mol. The van der Waals surface area contributed by atoms with Crippen molar-refractivity contribution in [3.05, 3.63) is 42.0 Å². The van der Waals surface area contributed by atoms with Crippen LogP contribution in [0.15, 0.2) is 36.4 Å². The number of benzene rings is 1. The summed E-state index contributed by atoms with van der Waals surface area (Å²) in [6, 6.07) is 9.70. The Morgan fingerprint density at radius 1 is 1.15 bits per heavy atom. The van der Waals surface area contributed by atoms with Crippen molar-refractivity contribution in [2.24, 2.45) is 11.8 Å². The summed E-state index contributed by atoms with van der Waals surface area (Å²) in [6.45, 7) is 0.780. The van der Waals surface area contributed by atoms with Crippen LogP contribution in [0.25, 0.3) is 6.08 Å². The van der Waals surface area contributed by atoms with Crippen LogP contribution in [-0.4, -0.2) is 24.3 Å². The smallest absolute Gasteiger partial charge is 0.330 e. The van der Waals surface area contributed by atoms with Crippen LogP contribution in [-0.2, 0) is 9.53 Å². The van der Waals surface area contributed by atoms with Gasteiger partial charge in [-0.25, -0.2) is 4.79 Å². The molecule has 3 heteroatoms. The van der Waals surface area contributed by atoms with Crippen molar-refractivity contribution in [3.8, 4) is 0 Å². The molecule has 0 amide bonds. The molecule has 0 spiro atoms. The van der Waals surface area contributed by atoms with Crippen LogP contribution in [0.5, 0.6) is 0 Å². The first kappa shape index (κ1) is 14.8. The fraction of sp³-hybridized carbons (Fsp3) is 0.471. The van der Waals surface area contributed by atoms with Crippen molar-refractivity contribution >= 4 is 12.0 Å². The zero-order valence-corrected chi connectivity index (χ0v) is 11.7. The van der Waals surface area contributed by atoms with Gasteiger partial charge in [-0.2, -0.15) is 0 Å². The number of carbonyl (C=O) groups excluding carboxylic acids is 1.